The minimum atomic E-state index is -0.479. The summed E-state index contributed by atoms with van der Waals surface area (Å²) >= 11 is 0. The number of halogens is 1. The van der Waals surface area contributed by atoms with Gasteiger partial charge in [0, 0.05) is 18.4 Å². The highest BCUT2D eigenvalue weighted by molar-refractivity contribution is 5.96. The Labute approximate surface area is 210 Å². The molecule has 0 spiro atoms. The van der Waals surface area contributed by atoms with Gasteiger partial charge in [0.25, 0.3) is 0 Å². The SMILES string of the molecule is CCCCCCCCC(=O)c1ccc(-c2ccc(OCC(C)OC(=O)CCCCC)c(F)c2)cc1. The molecule has 4 nitrogen and oxygen atoms in total. The Balaban J connectivity index is 1.83. The van der Waals surface area contributed by atoms with Crippen molar-refractivity contribution < 1.29 is 23.5 Å². The lowest BCUT2D eigenvalue weighted by molar-refractivity contribution is -0.149. The van der Waals surface area contributed by atoms with Gasteiger partial charge in [-0.1, -0.05) is 89.1 Å². The molecule has 0 heterocycles. The first-order valence-corrected chi connectivity index (χ1v) is 13.2. The highest BCUT2D eigenvalue weighted by Crippen LogP contribution is 2.26. The summed E-state index contributed by atoms with van der Waals surface area (Å²) in [6, 6.07) is 12.1. The third-order valence-electron chi connectivity index (χ3n) is 6.02. The predicted molar refractivity (Wildman–Crippen MR) is 139 cm³/mol. The van der Waals surface area contributed by atoms with Gasteiger partial charge in [-0.3, -0.25) is 9.59 Å². The average molecular weight is 485 g/mol. The lowest BCUT2D eigenvalue weighted by atomic mass is 9.99. The zero-order chi connectivity index (χ0) is 25.5. The van der Waals surface area contributed by atoms with Crippen molar-refractivity contribution in [3.05, 3.63) is 53.8 Å². The number of benzene rings is 2. The fourth-order valence-electron chi connectivity index (χ4n) is 3.90. The van der Waals surface area contributed by atoms with Crippen molar-refractivity contribution in [3.8, 4) is 16.9 Å². The van der Waals surface area contributed by atoms with E-state index in [0.717, 1.165) is 37.7 Å². The van der Waals surface area contributed by atoms with E-state index < -0.39 is 11.9 Å². The van der Waals surface area contributed by atoms with E-state index in [2.05, 4.69) is 13.8 Å². The van der Waals surface area contributed by atoms with Gasteiger partial charge < -0.3 is 9.47 Å². The topological polar surface area (TPSA) is 52.6 Å². The van der Waals surface area contributed by atoms with Gasteiger partial charge in [0.2, 0.25) is 0 Å². The van der Waals surface area contributed by atoms with Gasteiger partial charge in [0.15, 0.2) is 17.3 Å². The molecule has 1 unspecified atom stereocenters. The molecule has 35 heavy (non-hydrogen) atoms. The van der Waals surface area contributed by atoms with Crippen molar-refractivity contribution in [2.45, 2.75) is 97.5 Å². The Morgan fingerprint density at radius 3 is 2.09 bits per heavy atom. The maximum atomic E-state index is 14.6. The van der Waals surface area contributed by atoms with Crippen LogP contribution < -0.4 is 4.74 Å². The maximum Gasteiger partial charge on any atom is 0.306 e. The normalized spacial score (nSPS) is 11.8. The van der Waals surface area contributed by atoms with Crippen molar-refractivity contribution in [1.29, 1.82) is 0 Å². The quantitative estimate of drug-likeness (QED) is 0.129. The van der Waals surface area contributed by atoms with Gasteiger partial charge in [0.05, 0.1) is 0 Å². The largest absolute Gasteiger partial charge is 0.487 e. The summed E-state index contributed by atoms with van der Waals surface area (Å²) in [4.78, 5) is 24.2. The fraction of sp³-hybridized carbons (Fsp3) is 0.533. The summed E-state index contributed by atoms with van der Waals surface area (Å²) in [5.41, 5.74) is 2.24. The number of carbonyl (C=O) groups is 2. The second-order valence-electron chi connectivity index (χ2n) is 9.23. The van der Waals surface area contributed by atoms with Crippen LogP contribution in [0.5, 0.6) is 5.75 Å². The molecule has 0 aliphatic heterocycles. The Kier molecular flexibility index (Phi) is 13.1. The molecule has 0 saturated carbocycles. The lowest BCUT2D eigenvalue weighted by Gasteiger charge is -2.15. The van der Waals surface area contributed by atoms with Gasteiger partial charge in [-0.05, 0) is 43.0 Å². The zero-order valence-corrected chi connectivity index (χ0v) is 21.6. The summed E-state index contributed by atoms with van der Waals surface area (Å²) in [6.07, 6.45) is 10.3. The number of hydrogen-bond acceptors (Lipinski definition) is 4. The van der Waals surface area contributed by atoms with Gasteiger partial charge in [-0.25, -0.2) is 4.39 Å². The van der Waals surface area contributed by atoms with E-state index in [9.17, 15) is 14.0 Å². The van der Waals surface area contributed by atoms with E-state index in [-0.39, 0.29) is 24.1 Å². The standard InChI is InChI=1S/C30H41FO4/c1-4-6-8-9-10-12-13-28(32)25-17-15-24(16-18-25)26-19-20-29(27(31)21-26)34-22-23(3)35-30(33)14-11-7-5-2/h15-21,23H,4-14,22H2,1-3H3. The Morgan fingerprint density at radius 2 is 1.40 bits per heavy atom. The molecule has 2 aromatic carbocycles. The van der Waals surface area contributed by atoms with Crippen LogP contribution in [0.1, 0.15) is 102 Å². The van der Waals surface area contributed by atoms with Gasteiger partial charge in [0.1, 0.15) is 12.7 Å². The van der Waals surface area contributed by atoms with E-state index in [1.807, 2.05) is 24.3 Å². The molecule has 0 radical (unpaired) electrons. The highest BCUT2D eigenvalue weighted by atomic mass is 19.1. The van der Waals surface area contributed by atoms with Crippen molar-refractivity contribution in [3.63, 3.8) is 0 Å². The third-order valence-corrected chi connectivity index (χ3v) is 6.02. The molecule has 0 bridgehead atoms. The third kappa shape index (κ3) is 10.6. The van der Waals surface area contributed by atoms with Crippen molar-refractivity contribution in [2.75, 3.05) is 6.61 Å². The van der Waals surface area contributed by atoms with Crippen molar-refractivity contribution >= 4 is 11.8 Å². The Hall–Kier alpha value is -2.69. The van der Waals surface area contributed by atoms with Crippen LogP contribution >= 0.6 is 0 Å². The van der Waals surface area contributed by atoms with Gasteiger partial charge in [-0.2, -0.15) is 0 Å². The van der Waals surface area contributed by atoms with E-state index in [0.29, 0.717) is 24.0 Å². The zero-order valence-electron chi connectivity index (χ0n) is 21.6. The number of ketones is 1. The summed E-state index contributed by atoms with van der Waals surface area (Å²) in [6.45, 7) is 6.10. The summed E-state index contributed by atoms with van der Waals surface area (Å²) < 4.78 is 25.5. The van der Waals surface area contributed by atoms with Crippen LogP contribution in [0.2, 0.25) is 0 Å². The number of rotatable bonds is 17. The highest BCUT2D eigenvalue weighted by Gasteiger charge is 2.13. The van der Waals surface area contributed by atoms with Crippen molar-refractivity contribution in [2.24, 2.45) is 0 Å². The second-order valence-corrected chi connectivity index (χ2v) is 9.23. The minimum absolute atomic E-state index is 0.0885. The molecule has 2 aromatic rings. The molecule has 0 aliphatic carbocycles. The molecule has 1 atom stereocenters. The molecule has 0 aliphatic rings. The summed E-state index contributed by atoms with van der Waals surface area (Å²) in [7, 11) is 0. The van der Waals surface area contributed by atoms with E-state index in [4.69, 9.17) is 9.47 Å². The Bertz CT molecular complexity index is 907. The smallest absolute Gasteiger partial charge is 0.306 e. The molecule has 0 N–H and O–H groups in total. The van der Waals surface area contributed by atoms with Crippen LogP contribution in [0, 0.1) is 5.82 Å². The number of ether oxygens (including phenoxy) is 2. The number of carbonyl (C=O) groups excluding carboxylic acids is 2. The number of hydrogen-bond donors (Lipinski definition) is 0. The van der Waals surface area contributed by atoms with E-state index in [1.54, 1.807) is 19.1 Å². The molecule has 5 heteroatoms. The number of Topliss-reactive ketones (excluding diaryl/α,β-unsaturated/α-hetero) is 1. The molecule has 0 amide bonds. The van der Waals surface area contributed by atoms with Gasteiger partial charge in [-0.15, -0.1) is 0 Å². The second kappa shape index (κ2) is 16.1. The molecular weight excluding hydrogens is 443 g/mol. The van der Waals surface area contributed by atoms with Crippen LogP contribution in [0.25, 0.3) is 11.1 Å². The van der Waals surface area contributed by atoms with Crippen molar-refractivity contribution in [1.82, 2.24) is 0 Å². The number of unbranched alkanes of at least 4 members (excludes halogenated alkanes) is 7. The van der Waals surface area contributed by atoms with Crippen LogP contribution in [0.3, 0.4) is 0 Å². The molecule has 0 saturated heterocycles. The molecule has 2 rings (SSSR count). The fourth-order valence-corrected chi connectivity index (χ4v) is 3.90. The average Bonchev–Trinajstić information content (AvgIpc) is 2.85. The van der Waals surface area contributed by atoms with Crippen LogP contribution in [-0.2, 0) is 9.53 Å². The van der Waals surface area contributed by atoms with E-state index >= 15 is 0 Å². The van der Waals surface area contributed by atoms with E-state index in [1.165, 1.54) is 31.7 Å². The monoisotopic (exact) mass is 484 g/mol. The van der Waals surface area contributed by atoms with Crippen LogP contribution in [0.15, 0.2) is 42.5 Å². The predicted octanol–water partition coefficient (Wildman–Crippen LogP) is 8.32. The lowest BCUT2D eigenvalue weighted by Crippen LogP contribution is -2.22. The number of esters is 1. The summed E-state index contributed by atoms with van der Waals surface area (Å²) in [5, 5.41) is 0. The van der Waals surface area contributed by atoms with Gasteiger partial charge >= 0.3 is 5.97 Å². The van der Waals surface area contributed by atoms with Crippen LogP contribution in [-0.4, -0.2) is 24.5 Å². The first kappa shape index (κ1) is 28.5. The first-order chi connectivity index (χ1) is 16.9. The molecular formula is C30H41FO4. The molecule has 0 aromatic heterocycles. The maximum absolute atomic E-state index is 14.6. The minimum Gasteiger partial charge on any atom is -0.487 e. The molecule has 0 fully saturated rings. The Morgan fingerprint density at radius 1 is 0.800 bits per heavy atom. The first-order valence-electron chi connectivity index (χ1n) is 13.2. The summed E-state index contributed by atoms with van der Waals surface area (Å²) in [5.74, 6) is -0.456. The molecule has 192 valence electrons. The van der Waals surface area contributed by atoms with Crippen LogP contribution in [0.4, 0.5) is 4.39 Å².